The molecule has 0 aliphatic heterocycles. The number of hydrogen-bond donors (Lipinski definition) is 3. The number of rotatable bonds is 6. The highest BCUT2D eigenvalue weighted by molar-refractivity contribution is 5.89. The van der Waals surface area contributed by atoms with Gasteiger partial charge in [0.1, 0.15) is 5.75 Å². The summed E-state index contributed by atoms with van der Waals surface area (Å²) in [4.78, 5) is 19.1. The minimum atomic E-state index is -1.26. The van der Waals surface area contributed by atoms with Crippen LogP contribution in [0.15, 0.2) is 66.7 Å². The molecule has 0 spiro atoms. The second kappa shape index (κ2) is 10.0. The van der Waals surface area contributed by atoms with Crippen molar-refractivity contribution in [2.75, 3.05) is 7.11 Å². The van der Waals surface area contributed by atoms with Gasteiger partial charge >= 0.3 is 11.9 Å². The minimum absolute atomic E-state index is 0.367. The Labute approximate surface area is 152 Å². The van der Waals surface area contributed by atoms with Gasteiger partial charge in [-0.05, 0) is 36.6 Å². The van der Waals surface area contributed by atoms with E-state index in [4.69, 9.17) is 20.7 Å². The lowest BCUT2D eigenvalue weighted by Gasteiger charge is -2.25. The molecule has 1 unspecified atom stereocenters. The highest BCUT2D eigenvalue weighted by Gasteiger charge is 2.21. The molecule has 138 valence electrons. The maximum Gasteiger partial charge on any atom is 0.328 e. The summed E-state index contributed by atoms with van der Waals surface area (Å²) in [7, 11) is 1.67. The summed E-state index contributed by atoms with van der Waals surface area (Å²) in [6.45, 7) is 2.06. The van der Waals surface area contributed by atoms with E-state index in [2.05, 4.69) is 19.1 Å². The predicted molar refractivity (Wildman–Crippen MR) is 99.1 cm³/mol. The van der Waals surface area contributed by atoms with Gasteiger partial charge in [-0.15, -0.1) is 0 Å². The number of carboxylic acids is 2. The fourth-order valence-electron chi connectivity index (χ4n) is 2.24. The second-order valence-corrected chi connectivity index (χ2v) is 5.82. The smallest absolute Gasteiger partial charge is 0.328 e. The Morgan fingerprint density at radius 3 is 1.92 bits per heavy atom. The van der Waals surface area contributed by atoms with E-state index in [0.717, 1.165) is 17.7 Å². The fraction of sp³-hybridized carbons (Fsp3) is 0.200. The summed E-state index contributed by atoms with van der Waals surface area (Å²) < 4.78 is 5.16. The average molecular weight is 357 g/mol. The number of nitrogens with two attached hydrogens (primary N) is 1. The first-order valence-electron chi connectivity index (χ1n) is 7.86. The van der Waals surface area contributed by atoms with Gasteiger partial charge in [0, 0.05) is 17.7 Å². The highest BCUT2D eigenvalue weighted by Crippen LogP contribution is 2.24. The number of benzene rings is 2. The van der Waals surface area contributed by atoms with E-state index in [1.165, 1.54) is 5.56 Å². The number of aliphatic carboxylic acids is 2. The SMILES string of the molecule is COc1ccc(C(C)(N)Cc2ccccc2)cc1.O=C(O)/C=C\C(=O)O. The zero-order valence-electron chi connectivity index (χ0n) is 14.8. The lowest BCUT2D eigenvalue weighted by atomic mass is 9.86. The van der Waals surface area contributed by atoms with Crippen molar-refractivity contribution in [3.63, 3.8) is 0 Å². The molecule has 2 aromatic carbocycles. The van der Waals surface area contributed by atoms with E-state index in [1.54, 1.807) is 7.11 Å². The van der Waals surface area contributed by atoms with Crippen LogP contribution in [0.3, 0.4) is 0 Å². The van der Waals surface area contributed by atoms with Crippen molar-refractivity contribution >= 4 is 11.9 Å². The van der Waals surface area contributed by atoms with Crippen molar-refractivity contribution < 1.29 is 24.5 Å². The molecular formula is C20H23NO5. The molecule has 0 bridgehead atoms. The molecule has 0 aliphatic carbocycles. The Morgan fingerprint density at radius 1 is 1.00 bits per heavy atom. The van der Waals surface area contributed by atoms with Crippen LogP contribution in [0.25, 0.3) is 0 Å². The zero-order chi connectivity index (χ0) is 19.6. The summed E-state index contributed by atoms with van der Waals surface area (Å²) in [5.74, 6) is -1.66. The maximum absolute atomic E-state index is 9.55. The van der Waals surface area contributed by atoms with Crippen LogP contribution in [0.5, 0.6) is 5.75 Å². The monoisotopic (exact) mass is 357 g/mol. The number of carbonyl (C=O) groups is 2. The van der Waals surface area contributed by atoms with Crippen molar-refractivity contribution in [1.82, 2.24) is 0 Å². The number of hydrogen-bond acceptors (Lipinski definition) is 4. The van der Waals surface area contributed by atoms with Crippen LogP contribution in [-0.4, -0.2) is 29.3 Å². The molecule has 1 atom stereocenters. The predicted octanol–water partition coefficient (Wildman–Crippen LogP) is 2.82. The number of ether oxygens (including phenoxy) is 1. The molecule has 6 nitrogen and oxygen atoms in total. The molecule has 0 aliphatic rings. The van der Waals surface area contributed by atoms with Crippen LogP contribution in [-0.2, 0) is 21.5 Å². The average Bonchev–Trinajstić information content (AvgIpc) is 2.61. The first-order valence-corrected chi connectivity index (χ1v) is 7.86. The molecule has 0 aromatic heterocycles. The zero-order valence-corrected chi connectivity index (χ0v) is 14.8. The molecule has 2 rings (SSSR count). The molecule has 26 heavy (non-hydrogen) atoms. The third-order valence-corrected chi connectivity index (χ3v) is 3.53. The van der Waals surface area contributed by atoms with Crippen LogP contribution >= 0.6 is 0 Å². The largest absolute Gasteiger partial charge is 0.497 e. The van der Waals surface area contributed by atoms with E-state index < -0.39 is 11.9 Å². The summed E-state index contributed by atoms with van der Waals surface area (Å²) >= 11 is 0. The Hall–Kier alpha value is -3.12. The molecule has 0 fully saturated rings. The molecule has 0 amide bonds. The summed E-state index contributed by atoms with van der Waals surface area (Å²) in [6, 6.07) is 18.3. The van der Waals surface area contributed by atoms with Gasteiger partial charge in [0.15, 0.2) is 0 Å². The van der Waals surface area contributed by atoms with E-state index in [0.29, 0.717) is 12.2 Å². The first-order chi connectivity index (χ1) is 12.2. The van der Waals surface area contributed by atoms with Gasteiger partial charge in [0.25, 0.3) is 0 Å². The number of carboxylic acid groups (broad SMARTS) is 2. The van der Waals surface area contributed by atoms with Crippen LogP contribution in [0.1, 0.15) is 18.1 Å². The molecule has 0 saturated carbocycles. The third kappa shape index (κ3) is 7.63. The van der Waals surface area contributed by atoms with E-state index in [-0.39, 0.29) is 5.54 Å². The van der Waals surface area contributed by atoms with Crippen molar-refractivity contribution in [2.24, 2.45) is 5.73 Å². The van der Waals surface area contributed by atoms with Crippen LogP contribution in [0, 0.1) is 0 Å². The highest BCUT2D eigenvalue weighted by atomic mass is 16.5. The Morgan fingerprint density at radius 2 is 1.50 bits per heavy atom. The van der Waals surface area contributed by atoms with Gasteiger partial charge in [-0.2, -0.15) is 0 Å². The van der Waals surface area contributed by atoms with Crippen molar-refractivity contribution in [1.29, 1.82) is 0 Å². The van der Waals surface area contributed by atoms with Gasteiger partial charge in [-0.25, -0.2) is 9.59 Å². The van der Waals surface area contributed by atoms with Crippen LogP contribution in [0.4, 0.5) is 0 Å². The normalized spacial score (nSPS) is 12.6. The Kier molecular flexibility index (Phi) is 8.05. The van der Waals surface area contributed by atoms with Crippen LogP contribution in [0.2, 0.25) is 0 Å². The molecule has 0 heterocycles. The molecular weight excluding hydrogens is 334 g/mol. The van der Waals surface area contributed by atoms with E-state index in [9.17, 15) is 9.59 Å². The summed E-state index contributed by atoms with van der Waals surface area (Å²) in [5.41, 5.74) is 8.42. The molecule has 0 radical (unpaired) electrons. The summed E-state index contributed by atoms with van der Waals surface area (Å²) in [6.07, 6.45) is 1.94. The van der Waals surface area contributed by atoms with Crippen molar-refractivity contribution in [3.05, 3.63) is 77.9 Å². The number of methoxy groups -OCH3 is 1. The van der Waals surface area contributed by atoms with E-state index >= 15 is 0 Å². The van der Waals surface area contributed by atoms with Crippen LogP contribution < -0.4 is 10.5 Å². The van der Waals surface area contributed by atoms with Gasteiger partial charge in [0.2, 0.25) is 0 Å². The quantitative estimate of drug-likeness (QED) is 0.686. The lowest BCUT2D eigenvalue weighted by molar-refractivity contribution is -0.134. The Bertz CT molecular complexity index is 721. The standard InChI is InChI=1S/C16H19NO.C4H4O4/c1-16(17,12-13-6-4-3-5-7-13)14-8-10-15(18-2)11-9-14;5-3(6)1-2-4(7)8/h3-11H,12,17H2,1-2H3;1-2H,(H,5,6)(H,7,8)/b;2-1-. The Balaban J connectivity index is 0.000000359. The minimum Gasteiger partial charge on any atom is -0.497 e. The summed E-state index contributed by atoms with van der Waals surface area (Å²) in [5, 5.41) is 15.6. The van der Waals surface area contributed by atoms with Crippen molar-refractivity contribution in [2.45, 2.75) is 18.9 Å². The molecule has 0 saturated heterocycles. The maximum atomic E-state index is 9.55. The van der Waals surface area contributed by atoms with Crippen molar-refractivity contribution in [3.8, 4) is 5.75 Å². The molecule has 4 N–H and O–H groups in total. The fourth-order valence-corrected chi connectivity index (χ4v) is 2.24. The first kappa shape index (κ1) is 20.9. The topological polar surface area (TPSA) is 110 Å². The van der Waals surface area contributed by atoms with Gasteiger partial charge in [-0.1, -0.05) is 42.5 Å². The molecule has 6 heteroatoms. The van der Waals surface area contributed by atoms with E-state index in [1.807, 2.05) is 42.5 Å². The second-order valence-electron chi connectivity index (χ2n) is 5.82. The van der Waals surface area contributed by atoms with Gasteiger partial charge < -0.3 is 20.7 Å². The molecule has 2 aromatic rings. The van der Waals surface area contributed by atoms with Gasteiger partial charge in [-0.3, -0.25) is 0 Å². The van der Waals surface area contributed by atoms with Gasteiger partial charge in [0.05, 0.1) is 7.11 Å². The lowest BCUT2D eigenvalue weighted by Crippen LogP contribution is -2.35. The third-order valence-electron chi connectivity index (χ3n) is 3.53.